The zero-order chi connectivity index (χ0) is 10.1. The van der Waals surface area contributed by atoms with Crippen LogP contribution in [0.3, 0.4) is 0 Å². The lowest BCUT2D eigenvalue weighted by atomic mass is 10.0. The van der Waals surface area contributed by atoms with Gasteiger partial charge in [0.05, 0.1) is 12.3 Å². The SMILES string of the molecule is Nc1csc2ccc(CBr)c(CO)c12. The first-order valence-corrected chi connectivity index (χ1v) is 6.22. The molecule has 2 nitrogen and oxygen atoms in total. The van der Waals surface area contributed by atoms with Crippen molar-refractivity contribution in [1.82, 2.24) is 0 Å². The third-order valence-corrected chi connectivity index (χ3v) is 3.85. The summed E-state index contributed by atoms with van der Waals surface area (Å²) in [6, 6.07) is 4.07. The van der Waals surface area contributed by atoms with E-state index in [-0.39, 0.29) is 6.61 Å². The Morgan fingerprint density at radius 2 is 2.21 bits per heavy atom. The number of hydrogen-bond donors (Lipinski definition) is 2. The summed E-state index contributed by atoms with van der Waals surface area (Å²) in [7, 11) is 0. The largest absolute Gasteiger partial charge is 0.398 e. The Labute approximate surface area is 94.5 Å². The standard InChI is InChI=1S/C10H10BrNOS/c11-3-6-1-2-9-10(7(6)4-13)8(12)5-14-9/h1-2,5,13H,3-4,12H2. The predicted octanol–water partition coefficient (Wildman–Crippen LogP) is 2.87. The van der Waals surface area contributed by atoms with E-state index in [9.17, 15) is 5.11 Å². The van der Waals surface area contributed by atoms with Crippen molar-refractivity contribution in [3.63, 3.8) is 0 Å². The van der Waals surface area contributed by atoms with Crippen LogP contribution in [0.15, 0.2) is 17.5 Å². The lowest BCUT2D eigenvalue weighted by Crippen LogP contribution is -1.93. The van der Waals surface area contributed by atoms with E-state index in [2.05, 4.69) is 15.9 Å². The molecule has 2 rings (SSSR count). The van der Waals surface area contributed by atoms with Crippen LogP contribution in [0.5, 0.6) is 0 Å². The molecule has 0 aliphatic rings. The van der Waals surface area contributed by atoms with Gasteiger partial charge < -0.3 is 10.8 Å². The van der Waals surface area contributed by atoms with Gasteiger partial charge in [0.25, 0.3) is 0 Å². The molecule has 0 radical (unpaired) electrons. The summed E-state index contributed by atoms with van der Waals surface area (Å²) in [6.45, 7) is 0.0409. The monoisotopic (exact) mass is 271 g/mol. The van der Waals surface area contributed by atoms with Gasteiger partial charge in [-0.25, -0.2) is 0 Å². The number of rotatable bonds is 2. The van der Waals surface area contributed by atoms with Crippen LogP contribution in [-0.2, 0) is 11.9 Å². The number of anilines is 1. The normalized spacial score (nSPS) is 11.0. The number of benzene rings is 1. The molecule has 0 atom stereocenters. The van der Waals surface area contributed by atoms with Gasteiger partial charge in [0.15, 0.2) is 0 Å². The summed E-state index contributed by atoms with van der Waals surface area (Å²) in [4.78, 5) is 0. The Bertz CT molecular complexity index is 466. The number of hydrogen-bond acceptors (Lipinski definition) is 3. The molecule has 3 N–H and O–H groups in total. The molecule has 0 bridgehead atoms. The zero-order valence-electron chi connectivity index (χ0n) is 7.46. The average Bonchev–Trinajstić information content (AvgIpc) is 2.59. The van der Waals surface area contributed by atoms with Gasteiger partial charge in [-0.05, 0) is 17.2 Å². The van der Waals surface area contributed by atoms with E-state index >= 15 is 0 Å². The number of fused-ring (bicyclic) bond motifs is 1. The van der Waals surface area contributed by atoms with Gasteiger partial charge >= 0.3 is 0 Å². The molecule has 0 saturated carbocycles. The van der Waals surface area contributed by atoms with Crippen molar-refractivity contribution in [2.45, 2.75) is 11.9 Å². The number of aliphatic hydroxyl groups excluding tert-OH is 1. The second-order valence-electron chi connectivity index (χ2n) is 3.06. The van der Waals surface area contributed by atoms with E-state index in [4.69, 9.17) is 5.73 Å². The van der Waals surface area contributed by atoms with E-state index in [1.165, 1.54) is 0 Å². The molecule has 74 valence electrons. The quantitative estimate of drug-likeness (QED) is 0.826. The van der Waals surface area contributed by atoms with E-state index in [1.54, 1.807) is 11.3 Å². The van der Waals surface area contributed by atoms with Gasteiger partial charge in [0, 0.05) is 20.8 Å². The molecule has 0 fully saturated rings. The van der Waals surface area contributed by atoms with Crippen LogP contribution in [0.2, 0.25) is 0 Å². The van der Waals surface area contributed by atoms with Crippen LogP contribution in [0, 0.1) is 0 Å². The van der Waals surface area contributed by atoms with Crippen molar-refractivity contribution in [1.29, 1.82) is 0 Å². The van der Waals surface area contributed by atoms with Crippen molar-refractivity contribution in [3.8, 4) is 0 Å². The van der Waals surface area contributed by atoms with Gasteiger partial charge in [-0.15, -0.1) is 11.3 Å². The van der Waals surface area contributed by atoms with Crippen molar-refractivity contribution < 1.29 is 5.11 Å². The summed E-state index contributed by atoms with van der Waals surface area (Å²) < 4.78 is 1.14. The van der Waals surface area contributed by atoms with E-state index in [0.717, 1.165) is 32.2 Å². The minimum atomic E-state index is 0.0409. The number of thiophene rings is 1. The highest BCUT2D eigenvalue weighted by Crippen LogP contribution is 2.33. The summed E-state index contributed by atoms with van der Waals surface area (Å²) in [5.41, 5.74) is 8.67. The molecule has 0 unspecified atom stereocenters. The van der Waals surface area contributed by atoms with Crippen LogP contribution >= 0.6 is 27.3 Å². The minimum Gasteiger partial charge on any atom is -0.398 e. The highest BCUT2D eigenvalue weighted by Gasteiger charge is 2.09. The van der Waals surface area contributed by atoms with Crippen molar-refractivity contribution in [2.75, 3.05) is 5.73 Å². The Morgan fingerprint density at radius 3 is 2.86 bits per heavy atom. The molecule has 1 aromatic carbocycles. The van der Waals surface area contributed by atoms with Crippen molar-refractivity contribution in [2.24, 2.45) is 0 Å². The fourth-order valence-electron chi connectivity index (χ4n) is 1.58. The van der Waals surface area contributed by atoms with E-state index in [0.29, 0.717) is 0 Å². The maximum atomic E-state index is 9.32. The Balaban J connectivity index is 2.81. The molecule has 1 heterocycles. The van der Waals surface area contributed by atoms with Gasteiger partial charge in [0.2, 0.25) is 0 Å². The average molecular weight is 272 g/mol. The summed E-state index contributed by atoms with van der Waals surface area (Å²) in [6.07, 6.45) is 0. The number of aliphatic hydroxyl groups is 1. The summed E-state index contributed by atoms with van der Waals surface area (Å²) in [5, 5.41) is 13.0. The molecule has 0 spiro atoms. The molecule has 4 heteroatoms. The van der Waals surface area contributed by atoms with E-state index in [1.807, 2.05) is 17.5 Å². The van der Waals surface area contributed by atoms with Crippen LogP contribution < -0.4 is 5.73 Å². The van der Waals surface area contributed by atoms with Gasteiger partial charge in [0.1, 0.15) is 0 Å². The second-order valence-corrected chi connectivity index (χ2v) is 4.53. The van der Waals surface area contributed by atoms with E-state index < -0.39 is 0 Å². The Hall–Kier alpha value is -0.580. The molecule has 0 aliphatic carbocycles. The van der Waals surface area contributed by atoms with Gasteiger partial charge in [-0.2, -0.15) is 0 Å². The lowest BCUT2D eigenvalue weighted by molar-refractivity contribution is 0.282. The highest BCUT2D eigenvalue weighted by molar-refractivity contribution is 9.08. The fraction of sp³-hybridized carbons (Fsp3) is 0.200. The van der Waals surface area contributed by atoms with Crippen molar-refractivity contribution >= 4 is 43.0 Å². The molecular weight excluding hydrogens is 262 g/mol. The van der Waals surface area contributed by atoms with Crippen LogP contribution in [-0.4, -0.2) is 5.11 Å². The van der Waals surface area contributed by atoms with Crippen LogP contribution in [0.4, 0.5) is 5.69 Å². The number of alkyl halides is 1. The first kappa shape index (κ1) is 9.96. The summed E-state index contributed by atoms with van der Waals surface area (Å²) in [5.74, 6) is 0. The fourth-order valence-corrected chi connectivity index (χ4v) is 2.98. The topological polar surface area (TPSA) is 46.2 Å². The van der Waals surface area contributed by atoms with Crippen LogP contribution in [0.1, 0.15) is 11.1 Å². The molecule has 0 saturated heterocycles. The molecule has 0 aliphatic heterocycles. The molecule has 0 amide bonds. The smallest absolute Gasteiger partial charge is 0.0691 e. The Kier molecular flexibility index (Phi) is 2.76. The van der Waals surface area contributed by atoms with Crippen molar-refractivity contribution in [3.05, 3.63) is 28.6 Å². The molecule has 1 aromatic heterocycles. The van der Waals surface area contributed by atoms with Gasteiger partial charge in [-0.3, -0.25) is 0 Å². The summed E-state index contributed by atoms with van der Waals surface area (Å²) >= 11 is 5.01. The van der Waals surface area contributed by atoms with Gasteiger partial charge in [-0.1, -0.05) is 22.0 Å². The number of nitrogens with two attached hydrogens (primary N) is 1. The minimum absolute atomic E-state index is 0.0409. The Morgan fingerprint density at radius 1 is 1.43 bits per heavy atom. The third-order valence-electron chi connectivity index (χ3n) is 2.28. The zero-order valence-corrected chi connectivity index (χ0v) is 9.86. The highest BCUT2D eigenvalue weighted by atomic mass is 79.9. The predicted molar refractivity (Wildman–Crippen MR) is 64.8 cm³/mol. The van der Waals surface area contributed by atoms with Crippen LogP contribution in [0.25, 0.3) is 10.1 Å². The molecule has 2 aromatic rings. The molecule has 14 heavy (non-hydrogen) atoms. The maximum Gasteiger partial charge on any atom is 0.0691 e. The third kappa shape index (κ3) is 1.43. The maximum absolute atomic E-state index is 9.32. The number of halogens is 1. The first-order valence-electron chi connectivity index (χ1n) is 4.22. The molecular formula is C10H10BrNOS. The lowest BCUT2D eigenvalue weighted by Gasteiger charge is -2.06. The number of nitrogen functional groups attached to an aromatic ring is 1. The second kappa shape index (κ2) is 3.88. The first-order chi connectivity index (χ1) is 6.77.